The fraction of sp³-hybridized carbons (Fsp3) is 0.500. The van der Waals surface area contributed by atoms with Crippen molar-refractivity contribution in [3.63, 3.8) is 0 Å². The number of rotatable bonds is 3. The maximum Gasteiger partial charge on any atom is 0.241 e. The smallest absolute Gasteiger partial charge is 0.241 e. The molecule has 5 heteroatoms. The number of carbonyl (C=O) groups is 1. The number of nitrogens with two attached hydrogens (primary N) is 1. The molecule has 2 fully saturated rings. The van der Waals surface area contributed by atoms with Gasteiger partial charge in [-0.25, -0.2) is 5.84 Å². The normalized spacial score (nSPS) is 23.2. The first-order valence-corrected chi connectivity index (χ1v) is 8.63. The minimum Gasteiger partial charge on any atom is -0.372 e. The molecular formula is C18H24N4O. The van der Waals surface area contributed by atoms with E-state index >= 15 is 0 Å². The largest absolute Gasteiger partial charge is 0.372 e. The van der Waals surface area contributed by atoms with E-state index in [2.05, 4.69) is 28.4 Å². The molecule has 4 rings (SSSR count). The molecule has 122 valence electrons. The average Bonchev–Trinajstić information content (AvgIpc) is 3.45. The van der Waals surface area contributed by atoms with Crippen molar-refractivity contribution in [1.29, 1.82) is 0 Å². The SMILES string of the molecule is NN(C(=O)C1CC1)C1C=c2ccc(N3CCCCC3)cc2=CN1. The van der Waals surface area contributed by atoms with E-state index in [4.69, 9.17) is 5.84 Å². The quantitative estimate of drug-likeness (QED) is 0.477. The number of benzene rings is 1. The molecule has 1 aromatic rings. The first kappa shape index (κ1) is 14.6. The van der Waals surface area contributed by atoms with E-state index in [0.29, 0.717) is 0 Å². The summed E-state index contributed by atoms with van der Waals surface area (Å²) in [7, 11) is 0. The summed E-state index contributed by atoms with van der Waals surface area (Å²) < 4.78 is 0. The summed E-state index contributed by atoms with van der Waals surface area (Å²) in [6, 6.07) is 6.55. The number of hydrazine groups is 1. The number of fused-ring (bicyclic) bond motifs is 1. The molecule has 1 amide bonds. The summed E-state index contributed by atoms with van der Waals surface area (Å²) in [5.41, 5.74) is 1.28. The van der Waals surface area contributed by atoms with Crippen molar-refractivity contribution < 1.29 is 4.79 Å². The van der Waals surface area contributed by atoms with Gasteiger partial charge in [-0.2, -0.15) is 0 Å². The van der Waals surface area contributed by atoms with Crippen LogP contribution in [0.1, 0.15) is 32.1 Å². The molecule has 23 heavy (non-hydrogen) atoms. The molecular weight excluding hydrogens is 288 g/mol. The van der Waals surface area contributed by atoms with Crippen molar-refractivity contribution in [2.45, 2.75) is 38.3 Å². The summed E-state index contributed by atoms with van der Waals surface area (Å²) in [4.78, 5) is 14.6. The molecule has 5 nitrogen and oxygen atoms in total. The van der Waals surface area contributed by atoms with Crippen molar-refractivity contribution in [2.75, 3.05) is 18.0 Å². The van der Waals surface area contributed by atoms with E-state index < -0.39 is 0 Å². The summed E-state index contributed by atoms with van der Waals surface area (Å²) >= 11 is 0. The summed E-state index contributed by atoms with van der Waals surface area (Å²) in [5, 5.41) is 6.89. The second kappa shape index (κ2) is 5.89. The molecule has 2 heterocycles. The van der Waals surface area contributed by atoms with Gasteiger partial charge in [-0.1, -0.05) is 6.07 Å². The van der Waals surface area contributed by atoms with Crippen molar-refractivity contribution in [3.05, 3.63) is 28.6 Å². The molecule has 2 aliphatic heterocycles. The number of hydrogen-bond acceptors (Lipinski definition) is 4. The second-order valence-electron chi connectivity index (χ2n) is 6.80. The minimum absolute atomic E-state index is 0.0422. The summed E-state index contributed by atoms with van der Waals surface area (Å²) in [6.07, 6.45) is 9.60. The van der Waals surface area contributed by atoms with E-state index in [1.807, 2.05) is 12.3 Å². The first-order chi connectivity index (χ1) is 11.2. The number of nitrogens with zero attached hydrogens (tertiary/aromatic N) is 2. The fourth-order valence-corrected chi connectivity index (χ4v) is 3.42. The Labute approximate surface area is 136 Å². The molecule has 1 aromatic carbocycles. The van der Waals surface area contributed by atoms with E-state index in [9.17, 15) is 4.79 Å². The Hall–Kier alpha value is -2.01. The Balaban J connectivity index is 1.56. The van der Waals surface area contributed by atoms with Crippen LogP contribution in [-0.2, 0) is 4.79 Å². The third-order valence-electron chi connectivity index (χ3n) is 5.02. The van der Waals surface area contributed by atoms with Gasteiger partial charge in [0.05, 0.1) is 0 Å². The van der Waals surface area contributed by atoms with Crippen LogP contribution >= 0.6 is 0 Å². The molecule has 0 aromatic heterocycles. The lowest BCUT2D eigenvalue weighted by Gasteiger charge is -2.30. The molecule has 1 saturated heterocycles. The zero-order valence-corrected chi connectivity index (χ0v) is 13.4. The predicted molar refractivity (Wildman–Crippen MR) is 91.4 cm³/mol. The number of nitrogens with one attached hydrogen (secondary N) is 1. The Bertz CT molecular complexity index is 719. The molecule has 3 aliphatic rings. The monoisotopic (exact) mass is 312 g/mol. The van der Waals surface area contributed by atoms with Gasteiger partial charge in [-0.15, -0.1) is 0 Å². The zero-order chi connectivity index (χ0) is 15.8. The lowest BCUT2D eigenvalue weighted by Crippen LogP contribution is -2.54. The highest BCUT2D eigenvalue weighted by molar-refractivity contribution is 5.81. The maximum absolute atomic E-state index is 12.1. The number of anilines is 1. The van der Waals surface area contributed by atoms with Crippen LogP contribution in [0.25, 0.3) is 12.3 Å². The average molecular weight is 312 g/mol. The number of amides is 1. The van der Waals surface area contributed by atoms with Crippen molar-refractivity contribution in [2.24, 2.45) is 11.8 Å². The van der Waals surface area contributed by atoms with Gasteiger partial charge >= 0.3 is 0 Å². The molecule has 1 unspecified atom stereocenters. The van der Waals surface area contributed by atoms with Crippen molar-refractivity contribution in [3.8, 4) is 0 Å². The van der Waals surface area contributed by atoms with E-state index in [0.717, 1.165) is 36.4 Å². The fourth-order valence-electron chi connectivity index (χ4n) is 3.42. The number of piperidine rings is 1. The van der Waals surface area contributed by atoms with Crippen LogP contribution in [0.2, 0.25) is 0 Å². The highest BCUT2D eigenvalue weighted by Gasteiger charge is 2.34. The first-order valence-electron chi connectivity index (χ1n) is 8.63. The van der Waals surface area contributed by atoms with Crippen molar-refractivity contribution >= 4 is 23.9 Å². The Kier molecular flexibility index (Phi) is 3.73. The van der Waals surface area contributed by atoms with Crippen LogP contribution in [0.4, 0.5) is 5.69 Å². The third kappa shape index (κ3) is 2.93. The zero-order valence-electron chi connectivity index (χ0n) is 13.4. The Morgan fingerprint density at radius 3 is 2.70 bits per heavy atom. The van der Waals surface area contributed by atoms with Crippen LogP contribution < -0.4 is 26.5 Å². The van der Waals surface area contributed by atoms with Gasteiger partial charge in [0.2, 0.25) is 5.91 Å². The lowest BCUT2D eigenvalue weighted by molar-refractivity contribution is -0.134. The molecule has 3 N–H and O–H groups in total. The highest BCUT2D eigenvalue weighted by atomic mass is 16.2. The molecule has 0 bridgehead atoms. The van der Waals surface area contributed by atoms with Gasteiger partial charge in [0.1, 0.15) is 6.17 Å². The maximum atomic E-state index is 12.1. The van der Waals surface area contributed by atoms with Gasteiger partial charge in [0.25, 0.3) is 0 Å². The summed E-state index contributed by atoms with van der Waals surface area (Å²) in [6.45, 7) is 2.29. The van der Waals surface area contributed by atoms with Crippen LogP contribution in [0.3, 0.4) is 0 Å². The minimum atomic E-state index is -0.253. The molecule has 0 spiro atoms. The Morgan fingerprint density at radius 2 is 1.96 bits per heavy atom. The second-order valence-corrected chi connectivity index (χ2v) is 6.80. The topological polar surface area (TPSA) is 61.6 Å². The van der Waals surface area contributed by atoms with E-state index in [1.165, 1.54) is 30.0 Å². The number of carbonyl (C=O) groups excluding carboxylic acids is 1. The lowest BCUT2D eigenvalue weighted by atomic mass is 10.1. The van der Waals surface area contributed by atoms with E-state index in [-0.39, 0.29) is 18.0 Å². The summed E-state index contributed by atoms with van der Waals surface area (Å²) in [5.74, 6) is 6.18. The molecule has 1 saturated carbocycles. The van der Waals surface area contributed by atoms with Gasteiger partial charge in [0, 0.05) is 30.9 Å². The van der Waals surface area contributed by atoms with Gasteiger partial charge in [0.15, 0.2) is 0 Å². The van der Waals surface area contributed by atoms with Crippen molar-refractivity contribution in [1.82, 2.24) is 10.3 Å². The van der Waals surface area contributed by atoms with Crippen LogP contribution in [0, 0.1) is 5.92 Å². The van der Waals surface area contributed by atoms with E-state index in [1.54, 1.807) is 0 Å². The highest BCUT2D eigenvalue weighted by Crippen LogP contribution is 2.30. The molecule has 0 radical (unpaired) electrons. The third-order valence-corrected chi connectivity index (χ3v) is 5.02. The van der Waals surface area contributed by atoms with Crippen LogP contribution in [-0.4, -0.2) is 30.2 Å². The van der Waals surface area contributed by atoms with Gasteiger partial charge < -0.3 is 10.2 Å². The predicted octanol–water partition coefficient (Wildman–Crippen LogP) is 0.237. The number of hydrogen-bond donors (Lipinski definition) is 2. The molecule has 1 atom stereocenters. The van der Waals surface area contributed by atoms with Gasteiger partial charge in [-0.05, 0) is 60.8 Å². The Morgan fingerprint density at radius 1 is 1.17 bits per heavy atom. The van der Waals surface area contributed by atoms with Gasteiger partial charge in [-0.3, -0.25) is 9.80 Å². The van der Waals surface area contributed by atoms with Crippen LogP contribution in [0.15, 0.2) is 18.2 Å². The molecule has 1 aliphatic carbocycles. The standard InChI is InChI=1S/C18H24N4O/c19-22(18(23)13-4-5-13)17-11-14-6-7-16(10-15(14)12-20-17)21-8-2-1-3-9-21/h6-7,10-13,17,20H,1-5,8-9,19H2. The van der Waals surface area contributed by atoms with Crippen LogP contribution in [0.5, 0.6) is 0 Å².